The molecule has 2 aromatic rings. The molecular formula is C20H26N4O3. The van der Waals surface area contributed by atoms with Gasteiger partial charge >= 0.3 is 0 Å². The number of carbonyl (C=O) groups is 2. The third-order valence-corrected chi connectivity index (χ3v) is 4.73. The van der Waals surface area contributed by atoms with Gasteiger partial charge in [0.1, 0.15) is 6.26 Å². The summed E-state index contributed by atoms with van der Waals surface area (Å²) >= 11 is 0. The lowest BCUT2D eigenvalue weighted by Crippen LogP contribution is -2.44. The minimum Gasteiger partial charge on any atom is -0.363 e. The van der Waals surface area contributed by atoms with Gasteiger partial charge in [-0.1, -0.05) is 41.9 Å². The number of anilines is 1. The van der Waals surface area contributed by atoms with E-state index in [2.05, 4.69) is 15.4 Å². The molecule has 27 heavy (non-hydrogen) atoms. The van der Waals surface area contributed by atoms with Crippen molar-refractivity contribution >= 4 is 17.6 Å². The minimum absolute atomic E-state index is 0.00632. The van der Waals surface area contributed by atoms with Crippen LogP contribution in [0.1, 0.15) is 24.8 Å². The molecule has 7 heteroatoms. The van der Waals surface area contributed by atoms with Crippen molar-refractivity contribution in [1.29, 1.82) is 0 Å². The second-order valence-electron chi connectivity index (χ2n) is 6.81. The van der Waals surface area contributed by atoms with Crippen molar-refractivity contribution in [3.05, 3.63) is 48.2 Å². The summed E-state index contributed by atoms with van der Waals surface area (Å²) in [5, 5.41) is 6.33. The first-order valence-corrected chi connectivity index (χ1v) is 9.45. The Morgan fingerprint density at radius 2 is 1.89 bits per heavy atom. The number of hydrogen-bond acceptors (Lipinski definition) is 5. The molecule has 0 spiro atoms. The Bertz CT molecular complexity index is 712. The van der Waals surface area contributed by atoms with Crippen molar-refractivity contribution in [2.45, 2.75) is 25.7 Å². The van der Waals surface area contributed by atoms with Crippen LogP contribution in [-0.2, 0) is 16.0 Å². The fourth-order valence-corrected chi connectivity index (χ4v) is 3.25. The van der Waals surface area contributed by atoms with Crippen molar-refractivity contribution in [3.8, 4) is 0 Å². The van der Waals surface area contributed by atoms with Crippen LogP contribution >= 0.6 is 0 Å². The molecule has 1 aliphatic heterocycles. The van der Waals surface area contributed by atoms with E-state index in [4.69, 9.17) is 4.52 Å². The second kappa shape index (κ2) is 9.87. The van der Waals surface area contributed by atoms with E-state index in [1.165, 1.54) is 25.5 Å². The SMILES string of the molecule is O=C(CN(CCN1CCCCC1)C(=O)Cc1ccccc1)Nc1ccon1. The molecule has 0 saturated carbocycles. The summed E-state index contributed by atoms with van der Waals surface area (Å²) in [5.41, 5.74) is 0.947. The van der Waals surface area contributed by atoms with E-state index in [-0.39, 0.29) is 24.8 Å². The first kappa shape index (κ1) is 19.1. The van der Waals surface area contributed by atoms with Crippen molar-refractivity contribution < 1.29 is 14.1 Å². The summed E-state index contributed by atoms with van der Waals surface area (Å²) in [5.74, 6) is 0.0314. The molecule has 144 valence electrons. The number of likely N-dealkylation sites (tertiary alicyclic amines) is 1. The van der Waals surface area contributed by atoms with Gasteiger partial charge in [-0.05, 0) is 31.5 Å². The number of carbonyl (C=O) groups excluding carboxylic acids is 2. The normalized spacial score (nSPS) is 14.7. The lowest BCUT2D eigenvalue weighted by atomic mass is 10.1. The molecule has 0 bridgehead atoms. The summed E-state index contributed by atoms with van der Waals surface area (Å²) in [7, 11) is 0. The molecule has 1 aromatic heterocycles. The summed E-state index contributed by atoms with van der Waals surface area (Å²) < 4.78 is 4.72. The molecule has 3 rings (SSSR count). The molecule has 1 aliphatic rings. The zero-order valence-electron chi connectivity index (χ0n) is 15.5. The first-order chi connectivity index (χ1) is 13.2. The van der Waals surface area contributed by atoms with Crippen LogP contribution in [0.15, 0.2) is 47.2 Å². The van der Waals surface area contributed by atoms with Crippen LogP contribution < -0.4 is 5.32 Å². The Labute approximate surface area is 159 Å². The van der Waals surface area contributed by atoms with Gasteiger partial charge in [-0.3, -0.25) is 9.59 Å². The number of rotatable bonds is 8. The molecule has 0 radical (unpaired) electrons. The molecule has 7 nitrogen and oxygen atoms in total. The van der Waals surface area contributed by atoms with E-state index < -0.39 is 0 Å². The van der Waals surface area contributed by atoms with Gasteiger partial charge < -0.3 is 19.6 Å². The maximum Gasteiger partial charge on any atom is 0.245 e. The van der Waals surface area contributed by atoms with E-state index in [1.54, 1.807) is 11.0 Å². The van der Waals surface area contributed by atoms with Gasteiger partial charge in [-0.25, -0.2) is 0 Å². The van der Waals surface area contributed by atoms with Gasteiger partial charge in [-0.2, -0.15) is 0 Å². The molecule has 1 N–H and O–H groups in total. The average Bonchev–Trinajstić information content (AvgIpc) is 3.19. The molecule has 1 aromatic carbocycles. The van der Waals surface area contributed by atoms with E-state index in [9.17, 15) is 9.59 Å². The van der Waals surface area contributed by atoms with E-state index >= 15 is 0 Å². The summed E-state index contributed by atoms with van der Waals surface area (Å²) in [6.07, 6.45) is 5.35. The van der Waals surface area contributed by atoms with Gasteiger partial charge in [0, 0.05) is 19.2 Å². The highest BCUT2D eigenvalue weighted by Crippen LogP contribution is 2.10. The van der Waals surface area contributed by atoms with Crippen molar-refractivity contribution in [2.75, 3.05) is 38.0 Å². The molecule has 1 fully saturated rings. The second-order valence-corrected chi connectivity index (χ2v) is 6.81. The summed E-state index contributed by atoms with van der Waals surface area (Å²) in [6, 6.07) is 11.2. The number of nitrogens with one attached hydrogen (secondary N) is 1. The molecule has 2 amide bonds. The predicted octanol–water partition coefficient (Wildman–Crippen LogP) is 2.17. The van der Waals surface area contributed by atoms with Crippen LogP contribution in [0.3, 0.4) is 0 Å². The van der Waals surface area contributed by atoms with E-state index in [1.807, 2.05) is 30.3 Å². The van der Waals surface area contributed by atoms with Crippen molar-refractivity contribution in [2.24, 2.45) is 0 Å². The quantitative estimate of drug-likeness (QED) is 0.770. The van der Waals surface area contributed by atoms with Crippen LogP contribution in [-0.4, -0.2) is 59.5 Å². The first-order valence-electron chi connectivity index (χ1n) is 9.45. The molecule has 2 heterocycles. The van der Waals surface area contributed by atoms with Gasteiger partial charge in [-0.15, -0.1) is 0 Å². The van der Waals surface area contributed by atoms with E-state index in [0.29, 0.717) is 12.4 Å². The Hall–Kier alpha value is -2.67. The van der Waals surface area contributed by atoms with Crippen LogP contribution in [0.5, 0.6) is 0 Å². The minimum atomic E-state index is -0.274. The lowest BCUT2D eigenvalue weighted by Gasteiger charge is -2.30. The highest BCUT2D eigenvalue weighted by Gasteiger charge is 2.20. The van der Waals surface area contributed by atoms with Gasteiger partial charge in [0.25, 0.3) is 0 Å². The highest BCUT2D eigenvalue weighted by molar-refractivity contribution is 5.94. The fourth-order valence-electron chi connectivity index (χ4n) is 3.25. The number of nitrogens with zero attached hydrogens (tertiary/aromatic N) is 3. The number of hydrogen-bond donors (Lipinski definition) is 1. The Kier molecular flexibility index (Phi) is 6.98. The number of amides is 2. The van der Waals surface area contributed by atoms with Gasteiger partial charge in [0.15, 0.2) is 5.82 Å². The van der Waals surface area contributed by atoms with Crippen LogP contribution in [0.2, 0.25) is 0 Å². The Morgan fingerprint density at radius 3 is 2.59 bits per heavy atom. The lowest BCUT2D eigenvalue weighted by molar-refractivity contribution is -0.134. The topological polar surface area (TPSA) is 78.7 Å². The monoisotopic (exact) mass is 370 g/mol. The average molecular weight is 370 g/mol. The van der Waals surface area contributed by atoms with Crippen LogP contribution in [0.4, 0.5) is 5.82 Å². The van der Waals surface area contributed by atoms with Gasteiger partial charge in [0.2, 0.25) is 11.8 Å². The van der Waals surface area contributed by atoms with Crippen LogP contribution in [0.25, 0.3) is 0 Å². The number of benzene rings is 1. The standard InChI is InChI=1S/C20H26N4O3/c25-19(21-18-9-14-27-22-18)16-24(13-12-23-10-5-2-6-11-23)20(26)15-17-7-3-1-4-8-17/h1,3-4,7-9,14H,2,5-6,10-13,15-16H2,(H,21,22,25). The largest absolute Gasteiger partial charge is 0.363 e. The molecule has 1 saturated heterocycles. The molecular weight excluding hydrogens is 344 g/mol. The molecule has 0 atom stereocenters. The molecule has 0 aliphatic carbocycles. The van der Waals surface area contributed by atoms with Crippen molar-refractivity contribution in [3.63, 3.8) is 0 Å². The van der Waals surface area contributed by atoms with Crippen LogP contribution in [0, 0.1) is 0 Å². The zero-order valence-corrected chi connectivity index (χ0v) is 15.5. The summed E-state index contributed by atoms with van der Waals surface area (Å²) in [6.45, 7) is 3.46. The smallest absolute Gasteiger partial charge is 0.245 e. The summed E-state index contributed by atoms with van der Waals surface area (Å²) in [4.78, 5) is 29.1. The third kappa shape index (κ3) is 6.21. The van der Waals surface area contributed by atoms with E-state index in [0.717, 1.165) is 25.2 Å². The van der Waals surface area contributed by atoms with Crippen molar-refractivity contribution in [1.82, 2.24) is 15.0 Å². The zero-order chi connectivity index (χ0) is 18.9. The Morgan fingerprint density at radius 1 is 1.11 bits per heavy atom. The maximum atomic E-state index is 12.8. The van der Waals surface area contributed by atoms with Gasteiger partial charge in [0.05, 0.1) is 13.0 Å². The third-order valence-electron chi connectivity index (χ3n) is 4.73. The maximum absolute atomic E-state index is 12.8. The highest BCUT2D eigenvalue weighted by atomic mass is 16.5. The number of aromatic nitrogens is 1. The number of piperidine rings is 1. The fraction of sp³-hybridized carbons (Fsp3) is 0.450. The Balaban J connectivity index is 1.59. The predicted molar refractivity (Wildman–Crippen MR) is 102 cm³/mol. The molecule has 0 unspecified atom stereocenters.